The third-order valence-electron chi connectivity index (χ3n) is 4.96. The Bertz CT molecular complexity index is 771. The van der Waals surface area contributed by atoms with Crippen molar-refractivity contribution < 1.29 is 19.0 Å². The fraction of sp³-hybridized carbons (Fsp3) is 0.368. The van der Waals surface area contributed by atoms with Crippen LogP contribution in [0.2, 0.25) is 0 Å². The van der Waals surface area contributed by atoms with Crippen molar-refractivity contribution in [3.8, 4) is 5.75 Å². The van der Waals surface area contributed by atoms with Gasteiger partial charge in [0.05, 0.1) is 16.1 Å². The summed E-state index contributed by atoms with van der Waals surface area (Å²) in [4.78, 5) is 10.2. The second-order valence-electron chi connectivity index (χ2n) is 7.37. The van der Waals surface area contributed by atoms with Crippen LogP contribution in [-0.4, -0.2) is 23.2 Å². The fourth-order valence-corrected chi connectivity index (χ4v) is 2.58. The maximum Gasteiger partial charge on any atom is 0.494 e. The summed E-state index contributed by atoms with van der Waals surface area (Å²) in [6.45, 7) is 8.43. The lowest BCUT2D eigenvalue weighted by Gasteiger charge is -2.32. The van der Waals surface area contributed by atoms with Crippen molar-refractivity contribution in [2.24, 2.45) is 0 Å². The molecular formula is C19H22BNO5. The van der Waals surface area contributed by atoms with E-state index in [4.69, 9.17) is 14.0 Å². The zero-order chi connectivity index (χ0) is 18.9. The van der Waals surface area contributed by atoms with E-state index < -0.39 is 12.0 Å². The smallest absolute Gasteiger partial charge is 0.489 e. The summed E-state index contributed by atoms with van der Waals surface area (Å²) < 4.78 is 17.8. The van der Waals surface area contributed by atoms with Gasteiger partial charge >= 0.3 is 7.12 Å². The molecule has 0 saturated carbocycles. The SMILES string of the molecule is CC1(C)OB(c2ccc(OCc3ccc([N+](=O)[O-])cc3)cc2)OC1(C)C. The van der Waals surface area contributed by atoms with Crippen molar-refractivity contribution >= 4 is 18.3 Å². The van der Waals surface area contributed by atoms with Crippen LogP contribution in [0.15, 0.2) is 48.5 Å². The van der Waals surface area contributed by atoms with Crippen LogP contribution in [0, 0.1) is 10.1 Å². The number of nitro groups is 1. The molecule has 7 heteroatoms. The molecule has 0 atom stereocenters. The van der Waals surface area contributed by atoms with E-state index >= 15 is 0 Å². The van der Waals surface area contributed by atoms with Crippen molar-refractivity contribution in [3.63, 3.8) is 0 Å². The van der Waals surface area contributed by atoms with Crippen molar-refractivity contribution in [2.45, 2.75) is 45.5 Å². The number of nitro benzene ring substituents is 1. The Morgan fingerprint density at radius 3 is 2.00 bits per heavy atom. The molecular weight excluding hydrogens is 333 g/mol. The average molecular weight is 355 g/mol. The quantitative estimate of drug-likeness (QED) is 0.467. The largest absolute Gasteiger partial charge is 0.494 e. The number of non-ortho nitro benzene ring substituents is 1. The second-order valence-corrected chi connectivity index (χ2v) is 7.37. The lowest BCUT2D eigenvalue weighted by molar-refractivity contribution is -0.384. The van der Waals surface area contributed by atoms with Crippen molar-refractivity contribution in [2.75, 3.05) is 0 Å². The molecule has 1 aliphatic rings. The van der Waals surface area contributed by atoms with Crippen LogP contribution in [0.4, 0.5) is 5.69 Å². The summed E-state index contributed by atoms with van der Waals surface area (Å²) in [5.74, 6) is 0.712. The lowest BCUT2D eigenvalue weighted by Crippen LogP contribution is -2.41. The van der Waals surface area contributed by atoms with E-state index in [2.05, 4.69) is 0 Å². The first-order chi connectivity index (χ1) is 12.2. The highest BCUT2D eigenvalue weighted by molar-refractivity contribution is 6.62. The minimum Gasteiger partial charge on any atom is -0.489 e. The molecule has 136 valence electrons. The molecule has 2 aromatic carbocycles. The zero-order valence-corrected chi connectivity index (χ0v) is 15.4. The van der Waals surface area contributed by atoms with Gasteiger partial charge in [0, 0.05) is 12.1 Å². The molecule has 0 bridgehead atoms. The molecule has 26 heavy (non-hydrogen) atoms. The monoisotopic (exact) mass is 355 g/mol. The summed E-state index contributed by atoms with van der Waals surface area (Å²) in [7, 11) is -0.399. The number of hydrogen-bond acceptors (Lipinski definition) is 5. The normalized spacial score (nSPS) is 17.9. The molecule has 3 rings (SSSR count). The van der Waals surface area contributed by atoms with Gasteiger partial charge in [-0.1, -0.05) is 12.1 Å². The first-order valence-corrected chi connectivity index (χ1v) is 8.50. The highest BCUT2D eigenvalue weighted by atomic mass is 16.7. The minimum atomic E-state index is -0.418. The summed E-state index contributed by atoms with van der Waals surface area (Å²) in [5.41, 5.74) is 1.13. The van der Waals surface area contributed by atoms with Crippen LogP contribution in [0.3, 0.4) is 0 Å². The average Bonchev–Trinajstić information content (AvgIpc) is 2.81. The zero-order valence-electron chi connectivity index (χ0n) is 15.4. The Hall–Kier alpha value is -2.38. The molecule has 1 fully saturated rings. The van der Waals surface area contributed by atoms with Crippen LogP contribution < -0.4 is 10.2 Å². The van der Waals surface area contributed by atoms with Gasteiger partial charge in [-0.3, -0.25) is 10.1 Å². The van der Waals surface area contributed by atoms with E-state index in [0.717, 1.165) is 11.0 Å². The fourth-order valence-electron chi connectivity index (χ4n) is 2.58. The third kappa shape index (κ3) is 3.74. The molecule has 0 spiro atoms. The Morgan fingerprint density at radius 2 is 1.50 bits per heavy atom. The Kier molecular flexibility index (Phi) is 4.77. The molecule has 0 aromatic heterocycles. The van der Waals surface area contributed by atoms with Crippen LogP contribution in [0.1, 0.15) is 33.3 Å². The first-order valence-electron chi connectivity index (χ1n) is 8.50. The highest BCUT2D eigenvalue weighted by Gasteiger charge is 2.51. The van der Waals surface area contributed by atoms with Gasteiger partial charge in [-0.25, -0.2) is 0 Å². The first kappa shape index (κ1) is 18.4. The Morgan fingerprint density at radius 1 is 0.962 bits per heavy atom. The standard InChI is InChI=1S/C19H22BNO5/c1-18(2)19(3,4)26-20(25-18)15-7-11-17(12-8-15)24-13-14-5-9-16(10-6-14)21(22)23/h5-12H,13H2,1-4H3. The van der Waals surface area contributed by atoms with Gasteiger partial charge in [-0.15, -0.1) is 0 Å². The molecule has 0 N–H and O–H groups in total. The van der Waals surface area contributed by atoms with Gasteiger partial charge in [0.1, 0.15) is 12.4 Å². The van der Waals surface area contributed by atoms with E-state index in [1.165, 1.54) is 12.1 Å². The molecule has 0 unspecified atom stereocenters. The van der Waals surface area contributed by atoms with E-state index in [9.17, 15) is 10.1 Å². The molecule has 0 radical (unpaired) electrons. The van der Waals surface area contributed by atoms with Crippen LogP contribution in [-0.2, 0) is 15.9 Å². The van der Waals surface area contributed by atoms with Crippen molar-refractivity contribution in [1.82, 2.24) is 0 Å². The van der Waals surface area contributed by atoms with Gasteiger partial charge in [0.25, 0.3) is 5.69 Å². The summed E-state index contributed by atoms with van der Waals surface area (Å²) >= 11 is 0. The van der Waals surface area contributed by atoms with Crippen LogP contribution in [0.5, 0.6) is 5.75 Å². The summed E-state index contributed by atoms with van der Waals surface area (Å²) in [5, 5.41) is 10.7. The molecule has 0 aliphatic carbocycles. The van der Waals surface area contributed by atoms with Crippen molar-refractivity contribution in [1.29, 1.82) is 0 Å². The van der Waals surface area contributed by atoms with Crippen LogP contribution in [0.25, 0.3) is 0 Å². The van der Waals surface area contributed by atoms with Gasteiger partial charge in [0.15, 0.2) is 0 Å². The lowest BCUT2D eigenvalue weighted by atomic mass is 9.79. The maximum atomic E-state index is 10.7. The van der Waals surface area contributed by atoms with Gasteiger partial charge < -0.3 is 14.0 Å². The van der Waals surface area contributed by atoms with E-state index in [0.29, 0.717) is 12.4 Å². The second kappa shape index (κ2) is 6.74. The predicted octanol–water partition coefficient (Wildman–Crippen LogP) is 3.47. The predicted molar refractivity (Wildman–Crippen MR) is 99.6 cm³/mol. The highest BCUT2D eigenvalue weighted by Crippen LogP contribution is 2.36. The van der Waals surface area contributed by atoms with E-state index in [1.54, 1.807) is 12.1 Å². The molecule has 6 nitrogen and oxygen atoms in total. The Balaban J connectivity index is 1.61. The van der Waals surface area contributed by atoms with Gasteiger partial charge in [-0.2, -0.15) is 0 Å². The number of nitrogens with zero attached hydrogens (tertiary/aromatic N) is 1. The topological polar surface area (TPSA) is 70.8 Å². The van der Waals surface area contributed by atoms with E-state index in [-0.39, 0.29) is 16.9 Å². The number of hydrogen-bond donors (Lipinski definition) is 0. The summed E-state index contributed by atoms with van der Waals surface area (Å²) in [6.07, 6.45) is 0. The van der Waals surface area contributed by atoms with Crippen molar-refractivity contribution in [3.05, 3.63) is 64.2 Å². The number of benzene rings is 2. The molecule has 0 amide bonds. The number of ether oxygens (including phenoxy) is 1. The third-order valence-corrected chi connectivity index (χ3v) is 4.96. The molecule has 1 heterocycles. The number of rotatable bonds is 5. The minimum absolute atomic E-state index is 0.0699. The Labute approximate surface area is 153 Å². The molecule has 1 saturated heterocycles. The van der Waals surface area contributed by atoms with Crippen LogP contribution >= 0.6 is 0 Å². The summed E-state index contributed by atoms with van der Waals surface area (Å²) in [6, 6.07) is 13.9. The van der Waals surface area contributed by atoms with Gasteiger partial charge in [-0.05, 0) is 63.0 Å². The molecule has 2 aromatic rings. The molecule has 1 aliphatic heterocycles. The maximum absolute atomic E-state index is 10.7. The van der Waals surface area contributed by atoms with E-state index in [1.807, 2.05) is 52.0 Å². The van der Waals surface area contributed by atoms with Gasteiger partial charge in [0.2, 0.25) is 0 Å².